The number of piperazine rings is 1. The summed E-state index contributed by atoms with van der Waals surface area (Å²) in [6.45, 7) is 1.63. The number of hydrogen-bond donors (Lipinski definition) is 0. The molecule has 2 aromatic rings. The third-order valence-electron chi connectivity index (χ3n) is 4.29. The summed E-state index contributed by atoms with van der Waals surface area (Å²) in [7, 11) is -3.57. The summed E-state index contributed by atoms with van der Waals surface area (Å²) in [4.78, 5) is 12.3. The van der Waals surface area contributed by atoms with Gasteiger partial charge in [-0.3, -0.25) is 10.1 Å². The Morgan fingerprint density at radius 1 is 1.04 bits per heavy atom. The number of nitro groups is 1. The van der Waals surface area contributed by atoms with E-state index >= 15 is 0 Å². The van der Waals surface area contributed by atoms with Crippen LogP contribution in [-0.2, 0) is 15.8 Å². The van der Waals surface area contributed by atoms with Gasteiger partial charge in [0.05, 0.1) is 10.7 Å². The van der Waals surface area contributed by atoms with Crippen molar-refractivity contribution in [3.63, 3.8) is 0 Å². The van der Waals surface area contributed by atoms with Crippen LogP contribution in [0.15, 0.2) is 48.5 Å². The fraction of sp³-hybridized carbons (Fsp3) is 0.294. The number of sulfonamides is 1. The van der Waals surface area contributed by atoms with Gasteiger partial charge in [-0.2, -0.15) is 4.31 Å². The highest BCUT2D eigenvalue weighted by Crippen LogP contribution is 2.21. The molecule has 1 saturated heterocycles. The van der Waals surface area contributed by atoms with Crippen LogP contribution in [-0.4, -0.2) is 43.8 Å². The molecule has 138 valence electrons. The lowest BCUT2D eigenvalue weighted by molar-refractivity contribution is -0.384. The van der Waals surface area contributed by atoms with Gasteiger partial charge >= 0.3 is 0 Å². The van der Waals surface area contributed by atoms with E-state index in [1.54, 1.807) is 18.2 Å². The van der Waals surface area contributed by atoms with Gasteiger partial charge in [-0.1, -0.05) is 12.1 Å². The van der Waals surface area contributed by atoms with Crippen molar-refractivity contribution >= 4 is 21.4 Å². The SMILES string of the molecule is O=[N+]([O-])c1cccc(CS(=O)(=O)N2CCN(c3ccc(F)cc3)CC2)c1. The van der Waals surface area contributed by atoms with Crippen LogP contribution in [0.4, 0.5) is 15.8 Å². The molecule has 0 spiro atoms. The van der Waals surface area contributed by atoms with Crippen LogP contribution in [0.25, 0.3) is 0 Å². The smallest absolute Gasteiger partial charge is 0.269 e. The van der Waals surface area contributed by atoms with Gasteiger partial charge in [0.2, 0.25) is 10.0 Å². The Balaban J connectivity index is 1.65. The van der Waals surface area contributed by atoms with Crippen LogP contribution in [0.3, 0.4) is 0 Å². The first kappa shape index (κ1) is 18.3. The minimum Gasteiger partial charge on any atom is -0.369 e. The van der Waals surface area contributed by atoms with E-state index in [0.29, 0.717) is 31.7 Å². The maximum absolute atomic E-state index is 13.0. The highest BCUT2D eigenvalue weighted by Gasteiger charge is 2.27. The first-order chi connectivity index (χ1) is 12.3. The molecule has 0 bridgehead atoms. The Kier molecular flexibility index (Phi) is 5.19. The van der Waals surface area contributed by atoms with E-state index in [4.69, 9.17) is 0 Å². The second-order valence-electron chi connectivity index (χ2n) is 6.05. The normalized spacial score (nSPS) is 15.8. The molecule has 1 heterocycles. The van der Waals surface area contributed by atoms with Crippen molar-refractivity contribution in [3.8, 4) is 0 Å². The van der Waals surface area contributed by atoms with Crippen LogP contribution in [0.2, 0.25) is 0 Å². The molecule has 26 heavy (non-hydrogen) atoms. The Hall–Kier alpha value is -2.52. The van der Waals surface area contributed by atoms with Crippen molar-refractivity contribution in [2.45, 2.75) is 5.75 Å². The molecular formula is C17H18FN3O4S. The summed E-state index contributed by atoms with van der Waals surface area (Å²) in [5.74, 6) is -0.586. The molecule has 0 N–H and O–H groups in total. The summed E-state index contributed by atoms with van der Waals surface area (Å²) in [6, 6.07) is 11.8. The van der Waals surface area contributed by atoms with Crippen LogP contribution >= 0.6 is 0 Å². The van der Waals surface area contributed by atoms with Crippen LogP contribution in [0.5, 0.6) is 0 Å². The molecule has 0 radical (unpaired) electrons. The van der Waals surface area contributed by atoms with Gasteiger partial charge in [-0.15, -0.1) is 0 Å². The molecule has 0 unspecified atom stereocenters. The average molecular weight is 379 g/mol. The molecule has 1 aliphatic rings. The molecule has 1 fully saturated rings. The Morgan fingerprint density at radius 3 is 2.31 bits per heavy atom. The van der Waals surface area contributed by atoms with Crippen molar-refractivity contribution in [3.05, 3.63) is 70.0 Å². The van der Waals surface area contributed by atoms with E-state index in [-0.39, 0.29) is 17.3 Å². The Bertz CT molecular complexity index is 894. The fourth-order valence-electron chi connectivity index (χ4n) is 2.94. The average Bonchev–Trinajstić information content (AvgIpc) is 2.62. The molecule has 0 atom stereocenters. The molecule has 1 aliphatic heterocycles. The van der Waals surface area contributed by atoms with Gasteiger partial charge in [-0.25, -0.2) is 12.8 Å². The molecule has 2 aromatic carbocycles. The summed E-state index contributed by atoms with van der Waals surface area (Å²) in [6.07, 6.45) is 0. The van der Waals surface area contributed by atoms with Gasteiger partial charge < -0.3 is 4.90 Å². The minimum atomic E-state index is -3.57. The lowest BCUT2D eigenvalue weighted by atomic mass is 10.2. The number of nitro benzene ring substituents is 1. The fourth-order valence-corrected chi connectivity index (χ4v) is 4.44. The maximum Gasteiger partial charge on any atom is 0.269 e. The number of nitrogens with zero attached hydrogens (tertiary/aromatic N) is 3. The van der Waals surface area contributed by atoms with Crippen LogP contribution in [0.1, 0.15) is 5.56 Å². The van der Waals surface area contributed by atoms with Gasteiger partial charge in [0.25, 0.3) is 5.69 Å². The summed E-state index contributed by atoms with van der Waals surface area (Å²) in [5, 5.41) is 10.8. The summed E-state index contributed by atoms with van der Waals surface area (Å²) >= 11 is 0. The van der Waals surface area contributed by atoms with E-state index in [1.165, 1.54) is 34.6 Å². The molecule has 3 rings (SSSR count). The van der Waals surface area contributed by atoms with Crippen LogP contribution < -0.4 is 4.90 Å². The number of hydrogen-bond acceptors (Lipinski definition) is 5. The third kappa shape index (κ3) is 4.17. The van der Waals surface area contributed by atoms with E-state index in [2.05, 4.69) is 0 Å². The van der Waals surface area contributed by atoms with Crippen molar-refractivity contribution < 1.29 is 17.7 Å². The summed E-state index contributed by atoms with van der Waals surface area (Å²) < 4.78 is 39.6. The largest absolute Gasteiger partial charge is 0.369 e. The first-order valence-electron chi connectivity index (χ1n) is 8.07. The predicted octanol–water partition coefficient (Wildman–Crippen LogP) is 2.39. The van der Waals surface area contributed by atoms with Crippen molar-refractivity contribution in [1.82, 2.24) is 4.31 Å². The minimum absolute atomic E-state index is 0.126. The number of rotatable bonds is 5. The maximum atomic E-state index is 13.0. The first-order valence-corrected chi connectivity index (χ1v) is 9.68. The number of halogens is 1. The van der Waals surface area contributed by atoms with E-state index in [0.717, 1.165) is 5.69 Å². The molecule has 0 saturated carbocycles. The quantitative estimate of drug-likeness (QED) is 0.588. The topological polar surface area (TPSA) is 83.8 Å². The predicted molar refractivity (Wildman–Crippen MR) is 95.9 cm³/mol. The monoisotopic (exact) mass is 379 g/mol. The number of non-ortho nitro benzene ring substituents is 1. The third-order valence-corrected chi connectivity index (χ3v) is 6.14. The zero-order chi connectivity index (χ0) is 18.7. The second-order valence-corrected chi connectivity index (χ2v) is 8.01. The van der Waals surface area contributed by atoms with Crippen molar-refractivity contribution in [1.29, 1.82) is 0 Å². The molecule has 7 nitrogen and oxygen atoms in total. The zero-order valence-corrected chi connectivity index (χ0v) is 14.7. The lowest BCUT2D eigenvalue weighted by Crippen LogP contribution is -2.49. The van der Waals surface area contributed by atoms with Gasteiger partial charge in [-0.05, 0) is 29.8 Å². The standard InChI is InChI=1S/C17H18FN3O4S/c18-15-4-6-16(7-5-15)19-8-10-20(11-9-19)26(24,25)13-14-2-1-3-17(12-14)21(22)23/h1-7,12H,8-11,13H2. The number of benzene rings is 2. The van der Waals surface area contributed by atoms with Crippen molar-refractivity contribution in [2.24, 2.45) is 0 Å². The van der Waals surface area contributed by atoms with Gasteiger partial charge in [0.15, 0.2) is 0 Å². The Morgan fingerprint density at radius 2 is 1.69 bits per heavy atom. The molecule has 0 aliphatic carbocycles. The van der Waals surface area contributed by atoms with E-state index in [1.807, 2.05) is 4.90 Å². The summed E-state index contributed by atoms with van der Waals surface area (Å²) in [5.41, 5.74) is 1.11. The lowest BCUT2D eigenvalue weighted by Gasteiger charge is -2.35. The van der Waals surface area contributed by atoms with E-state index in [9.17, 15) is 22.9 Å². The Labute approximate surface area is 150 Å². The molecular weight excluding hydrogens is 361 g/mol. The molecule has 9 heteroatoms. The molecule has 0 amide bonds. The van der Waals surface area contributed by atoms with Crippen molar-refractivity contribution in [2.75, 3.05) is 31.1 Å². The highest BCUT2D eigenvalue weighted by atomic mass is 32.2. The van der Waals surface area contributed by atoms with Gasteiger partial charge in [0.1, 0.15) is 5.82 Å². The second kappa shape index (κ2) is 7.38. The number of anilines is 1. The van der Waals surface area contributed by atoms with Crippen LogP contribution in [0, 0.1) is 15.9 Å². The van der Waals surface area contributed by atoms with E-state index < -0.39 is 14.9 Å². The zero-order valence-electron chi connectivity index (χ0n) is 13.9. The highest BCUT2D eigenvalue weighted by molar-refractivity contribution is 7.88. The van der Waals surface area contributed by atoms with Gasteiger partial charge in [0, 0.05) is 44.0 Å². The molecule has 0 aromatic heterocycles.